The molecule has 0 aromatic heterocycles. The van der Waals surface area contributed by atoms with Crippen LogP contribution in [0, 0.1) is 0 Å². The van der Waals surface area contributed by atoms with E-state index in [1.165, 1.54) is 45.3 Å². The van der Waals surface area contributed by atoms with Crippen LogP contribution in [0.3, 0.4) is 0 Å². The molecule has 112 valence electrons. The Bertz CT molecular complexity index is 354. The summed E-state index contributed by atoms with van der Waals surface area (Å²) in [6.07, 6.45) is 4.97. The van der Waals surface area contributed by atoms with Crippen molar-refractivity contribution in [3.05, 3.63) is 35.4 Å². The molecule has 0 saturated heterocycles. The number of rotatable bonds is 8. The average molecular weight is 276 g/mol. The molecule has 0 aliphatic carbocycles. The Kier molecular flexibility index (Phi) is 7.06. The molecule has 1 aliphatic rings. The quantitative estimate of drug-likeness (QED) is 0.736. The van der Waals surface area contributed by atoms with Crippen LogP contribution >= 0.6 is 0 Å². The van der Waals surface area contributed by atoms with E-state index in [1.807, 2.05) is 0 Å². The maximum atomic E-state index is 5.02. The second kappa shape index (κ2) is 9.11. The summed E-state index contributed by atoms with van der Waals surface area (Å²) in [5, 5.41) is 3.41. The summed E-state index contributed by atoms with van der Waals surface area (Å²) in [4.78, 5) is 2.62. The molecule has 3 heteroatoms. The third-order valence-electron chi connectivity index (χ3n) is 4.07. The van der Waals surface area contributed by atoms with E-state index in [-0.39, 0.29) is 0 Å². The van der Waals surface area contributed by atoms with Crippen LogP contribution in [0.25, 0.3) is 0 Å². The van der Waals surface area contributed by atoms with E-state index in [0.29, 0.717) is 0 Å². The third-order valence-corrected chi connectivity index (χ3v) is 4.07. The molecule has 0 fully saturated rings. The molecule has 3 nitrogen and oxygen atoms in total. The van der Waals surface area contributed by atoms with Gasteiger partial charge in [0.1, 0.15) is 0 Å². The fraction of sp³-hybridized carbons (Fsp3) is 0.647. The third kappa shape index (κ3) is 5.23. The number of nitrogens with one attached hydrogen (secondary N) is 1. The maximum absolute atomic E-state index is 5.02. The largest absolute Gasteiger partial charge is 0.383 e. The van der Waals surface area contributed by atoms with Crippen molar-refractivity contribution < 1.29 is 4.74 Å². The average Bonchev–Trinajstić information content (AvgIpc) is 2.69. The lowest BCUT2D eigenvalue weighted by Crippen LogP contribution is -2.28. The van der Waals surface area contributed by atoms with Crippen molar-refractivity contribution in [1.82, 2.24) is 10.2 Å². The number of nitrogens with zero attached hydrogens (tertiary/aromatic N) is 1. The van der Waals surface area contributed by atoms with E-state index in [2.05, 4.69) is 34.5 Å². The molecule has 0 unspecified atom stereocenters. The van der Waals surface area contributed by atoms with Crippen molar-refractivity contribution in [2.75, 3.05) is 46.4 Å². The number of benzene rings is 1. The Balaban J connectivity index is 1.59. The van der Waals surface area contributed by atoms with Gasteiger partial charge in [0.25, 0.3) is 0 Å². The molecule has 20 heavy (non-hydrogen) atoms. The first kappa shape index (κ1) is 15.5. The van der Waals surface area contributed by atoms with Crippen LogP contribution in [0.5, 0.6) is 0 Å². The molecule has 0 spiro atoms. The zero-order chi connectivity index (χ0) is 14.0. The van der Waals surface area contributed by atoms with E-state index in [9.17, 15) is 0 Å². The summed E-state index contributed by atoms with van der Waals surface area (Å²) in [5.41, 5.74) is 3.10. The predicted molar refractivity (Wildman–Crippen MR) is 84.3 cm³/mol. The van der Waals surface area contributed by atoms with Crippen LogP contribution in [-0.2, 0) is 17.6 Å². The lowest BCUT2D eigenvalue weighted by Gasteiger charge is -2.19. The smallest absolute Gasteiger partial charge is 0.0587 e. The van der Waals surface area contributed by atoms with Gasteiger partial charge < -0.3 is 15.0 Å². The van der Waals surface area contributed by atoms with Gasteiger partial charge in [-0.2, -0.15) is 0 Å². The second-order valence-corrected chi connectivity index (χ2v) is 5.56. The highest BCUT2D eigenvalue weighted by Gasteiger charge is 2.12. The number of unbranched alkanes of at least 4 members (excludes halogenated alkanes) is 1. The molecule has 0 radical (unpaired) electrons. The van der Waals surface area contributed by atoms with Gasteiger partial charge >= 0.3 is 0 Å². The van der Waals surface area contributed by atoms with E-state index in [1.54, 1.807) is 18.2 Å². The minimum absolute atomic E-state index is 0.810. The number of fused-ring (bicyclic) bond motifs is 1. The molecule has 0 bridgehead atoms. The Morgan fingerprint density at radius 1 is 1.05 bits per heavy atom. The topological polar surface area (TPSA) is 24.5 Å². The number of ether oxygens (including phenoxy) is 1. The summed E-state index contributed by atoms with van der Waals surface area (Å²) >= 11 is 0. The minimum Gasteiger partial charge on any atom is -0.383 e. The molecule has 0 atom stereocenters. The zero-order valence-corrected chi connectivity index (χ0v) is 12.7. The molecule has 0 amide bonds. The van der Waals surface area contributed by atoms with Crippen LogP contribution < -0.4 is 5.32 Å². The van der Waals surface area contributed by atoms with Crippen molar-refractivity contribution in [3.63, 3.8) is 0 Å². The fourth-order valence-corrected chi connectivity index (χ4v) is 2.82. The van der Waals surface area contributed by atoms with E-state index < -0.39 is 0 Å². The Hall–Kier alpha value is -0.900. The fourth-order valence-electron chi connectivity index (χ4n) is 2.82. The maximum Gasteiger partial charge on any atom is 0.0587 e. The van der Waals surface area contributed by atoms with Crippen LogP contribution in [0.4, 0.5) is 0 Å². The summed E-state index contributed by atoms with van der Waals surface area (Å²) < 4.78 is 5.02. The van der Waals surface area contributed by atoms with Gasteiger partial charge in [-0.1, -0.05) is 24.3 Å². The molecule has 0 saturated carbocycles. The molecule has 2 rings (SSSR count). The highest BCUT2D eigenvalue weighted by atomic mass is 16.5. The zero-order valence-electron chi connectivity index (χ0n) is 12.7. The summed E-state index contributed by atoms with van der Waals surface area (Å²) in [6, 6.07) is 8.91. The summed E-state index contributed by atoms with van der Waals surface area (Å²) in [6.45, 7) is 6.56. The van der Waals surface area contributed by atoms with Gasteiger partial charge in [0.2, 0.25) is 0 Å². The number of hydrogen-bond acceptors (Lipinski definition) is 3. The first-order valence-corrected chi connectivity index (χ1v) is 7.89. The van der Waals surface area contributed by atoms with Gasteiger partial charge in [0.05, 0.1) is 6.61 Å². The van der Waals surface area contributed by atoms with Gasteiger partial charge in [0, 0.05) is 26.7 Å². The van der Waals surface area contributed by atoms with E-state index >= 15 is 0 Å². The van der Waals surface area contributed by atoms with Crippen molar-refractivity contribution in [2.45, 2.75) is 25.7 Å². The highest BCUT2D eigenvalue weighted by Crippen LogP contribution is 2.15. The lowest BCUT2D eigenvalue weighted by atomic mass is 10.0. The van der Waals surface area contributed by atoms with Crippen LogP contribution in [0.2, 0.25) is 0 Å². The first-order chi connectivity index (χ1) is 9.90. The lowest BCUT2D eigenvalue weighted by molar-refractivity contribution is 0.199. The minimum atomic E-state index is 0.810. The molecular formula is C17H28N2O. The Morgan fingerprint density at radius 2 is 1.75 bits per heavy atom. The summed E-state index contributed by atoms with van der Waals surface area (Å²) in [7, 11) is 1.75. The number of methoxy groups -OCH3 is 1. The Morgan fingerprint density at radius 3 is 2.40 bits per heavy atom. The standard InChI is InChI=1S/C17H28N2O/c1-20-15-11-18-10-4-5-12-19-13-8-16-6-2-3-7-17(16)9-14-19/h2-3,6-7,18H,4-5,8-15H2,1H3. The van der Waals surface area contributed by atoms with Crippen molar-refractivity contribution in [2.24, 2.45) is 0 Å². The molecule has 1 aliphatic heterocycles. The van der Waals surface area contributed by atoms with Crippen molar-refractivity contribution >= 4 is 0 Å². The van der Waals surface area contributed by atoms with Crippen LogP contribution in [0.15, 0.2) is 24.3 Å². The molecule has 1 heterocycles. The van der Waals surface area contributed by atoms with Gasteiger partial charge in [0.15, 0.2) is 0 Å². The van der Waals surface area contributed by atoms with Gasteiger partial charge in [-0.05, 0) is 49.9 Å². The van der Waals surface area contributed by atoms with Gasteiger partial charge in [-0.25, -0.2) is 0 Å². The van der Waals surface area contributed by atoms with E-state index in [4.69, 9.17) is 4.74 Å². The number of hydrogen-bond donors (Lipinski definition) is 1. The highest BCUT2D eigenvalue weighted by molar-refractivity contribution is 5.28. The Labute approximate surface area is 123 Å². The van der Waals surface area contributed by atoms with Gasteiger partial charge in [-0.3, -0.25) is 0 Å². The summed E-state index contributed by atoms with van der Waals surface area (Å²) in [5.74, 6) is 0. The predicted octanol–water partition coefficient (Wildman–Crippen LogP) is 2.10. The van der Waals surface area contributed by atoms with Crippen molar-refractivity contribution in [3.8, 4) is 0 Å². The molecule has 1 aromatic rings. The van der Waals surface area contributed by atoms with Gasteiger partial charge in [-0.15, -0.1) is 0 Å². The molecule has 1 N–H and O–H groups in total. The monoisotopic (exact) mass is 276 g/mol. The van der Waals surface area contributed by atoms with Crippen molar-refractivity contribution in [1.29, 1.82) is 0 Å². The van der Waals surface area contributed by atoms with Crippen LogP contribution in [-0.4, -0.2) is 51.3 Å². The first-order valence-electron chi connectivity index (χ1n) is 7.89. The normalized spacial score (nSPS) is 15.8. The molecular weight excluding hydrogens is 248 g/mol. The van der Waals surface area contributed by atoms with E-state index in [0.717, 1.165) is 19.7 Å². The van der Waals surface area contributed by atoms with Crippen LogP contribution in [0.1, 0.15) is 24.0 Å². The SMILES string of the molecule is COCCNCCCCN1CCc2ccccc2CC1. The second-order valence-electron chi connectivity index (χ2n) is 5.56. The molecule has 1 aromatic carbocycles.